The molecule has 1 aliphatic heterocycles. The van der Waals surface area contributed by atoms with Crippen LogP contribution in [0.5, 0.6) is 0 Å². The van der Waals surface area contributed by atoms with Crippen LogP contribution in [0.4, 0.5) is 5.69 Å². The van der Waals surface area contributed by atoms with Crippen LogP contribution < -0.4 is 21.1 Å². The third-order valence-corrected chi connectivity index (χ3v) is 4.61. The molecule has 0 amide bonds. The molecular weight excluding hydrogens is 314 g/mol. The number of pyridine rings is 1. The van der Waals surface area contributed by atoms with E-state index in [-0.39, 0.29) is 5.56 Å². The number of nitrogens with one attached hydrogen (secondary N) is 1. The van der Waals surface area contributed by atoms with Gasteiger partial charge in [0.15, 0.2) is 11.6 Å². The van der Waals surface area contributed by atoms with Gasteiger partial charge >= 0.3 is 0 Å². The Morgan fingerprint density at radius 3 is 2.88 bits per heavy atom. The van der Waals surface area contributed by atoms with E-state index in [0.717, 1.165) is 27.7 Å². The largest absolute Gasteiger partial charge is 0.274 e. The molecule has 1 aliphatic rings. The lowest BCUT2D eigenvalue weighted by Crippen LogP contribution is -2.38. The maximum atomic E-state index is 13.1. The van der Waals surface area contributed by atoms with Crippen LogP contribution in [0.2, 0.25) is 0 Å². The summed E-state index contributed by atoms with van der Waals surface area (Å²) < 4.78 is 3.62. The van der Waals surface area contributed by atoms with Crippen LogP contribution in [0.15, 0.2) is 32.8 Å². The third kappa shape index (κ3) is 2.42. The summed E-state index contributed by atoms with van der Waals surface area (Å²) in [4.78, 5) is 17.3. The number of hydrazone groups is 1. The van der Waals surface area contributed by atoms with Gasteiger partial charge in [-0.2, -0.15) is 4.68 Å². The Morgan fingerprint density at radius 2 is 2.24 bits per heavy atom. The third-order valence-electron chi connectivity index (χ3n) is 4.61. The van der Waals surface area contributed by atoms with Crippen molar-refractivity contribution in [2.24, 2.45) is 10.1 Å². The minimum absolute atomic E-state index is 0.0253. The predicted molar refractivity (Wildman–Crippen MR) is 102 cm³/mol. The Hall–Kier alpha value is -2.98. The molecule has 2 aromatic rings. The van der Waals surface area contributed by atoms with Gasteiger partial charge in [0.05, 0.1) is 11.3 Å². The highest BCUT2D eigenvalue weighted by Crippen LogP contribution is 2.22. The van der Waals surface area contributed by atoms with Gasteiger partial charge in [0.2, 0.25) is 0 Å². The number of allylic oxidation sites excluding steroid dienone is 1. The summed E-state index contributed by atoms with van der Waals surface area (Å²) in [5.41, 5.74) is 11.0. The van der Waals surface area contributed by atoms with E-state index in [1.54, 1.807) is 10.6 Å². The van der Waals surface area contributed by atoms with Crippen molar-refractivity contribution in [3.05, 3.63) is 56.0 Å². The van der Waals surface area contributed by atoms with E-state index >= 15 is 0 Å². The summed E-state index contributed by atoms with van der Waals surface area (Å²) in [6.07, 6.45) is 6.19. The van der Waals surface area contributed by atoms with E-state index in [9.17, 15) is 4.79 Å². The van der Waals surface area contributed by atoms with Gasteiger partial charge in [-0.25, -0.2) is 0 Å². The van der Waals surface area contributed by atoms with Gasteiger partial charge in [0, 0.05) is 10.7 Å². The Bertz CT molecular complexity index is 1080. The van der Waals surface area contributed by atoms with Gasteiger partial charge in [0.25, 0.3) is 5.56 Å². The van der Waals surface area contributed by atoms with Crippen LogP contribution >= 0.6 is 0 Å². The highest BCUT2D eigenvalue weighted by atomic mass is 16.1. The first-order valence-electron chi connectivity index (χ1n) is 8.32. The first-order valence-corrected chi connectivity index (χ1v) is 8.32. The molecule has 25 heavy (non-hydrogen) atoms. The van der Waals surface area contributed by atoms with E-state index in [2.05, 4.69) is 28.1 Å². The average Bonchev–Trinajstić information content (AvgIpc) is 2.77. The van der Waals surface area contributed by atoms with Crippen molar-refractivity contribution in [2.45, 2.75) is 34.1 Å². The average molecular weight is 336 g/mol. The molecule has 0 bridgehead atoms. The van der Waals surface area contributed by atoms with Crippen molar-refractivity contribution in [2.75, 3.05) is 6.54 Å². The quantitative estimate of drug-likeness (QED) is 0.524. The van der Waals surface area contributed by atoms with Crippen molar-refractivity contribution < 1.29 is 0 Å². The molecule has 0 spiro atoms. The molecule has 0 unspecified atom stereocenters. The topological polar surface area (TPSA) is 61.2 Å². The normalized spacial score (nSPS) is 12.6. The second-order valence-electron chi connectivity index (χ2n) is 5.91. The molecule has 0 aliphatic carbocycles. The van der Waals surface area contributed by atoms with Crippen molar-refractivity contribution in [3.63, 3.8) is 0 Å². The predicted octanol–water partition coefficient (Wildman–Crippen LogP) is 1.60. The number of aryl methyl sites for hydroxylation is 1. The van der Waals surface area contributed by atoms with Crippen LogP contribution in [0.1, 0.15) is 36.2 Å². The van der Waals surface area contributed by atoms with Gasteiger partial charge in [-0.1, -0.05) is 5.53 Å². The highest BCUT2D eigenvalue weighted by molar-refractivity contribution is 5.93. The number of nitrogens with zero attached hydrogens (tertiary/aromatic N) is 4. The standard InChI is InChI=1S/C19H21N5O/c1-6-8-9-10-14-12(3)19(25)24-13(4)16(20-5)18-17(24)15(14)11-21-22-23(18)7-2/h6,9,11H,5,7,10H2,1-4H3/p+1. The van der Waals surface area contributed by atoms with Gasteiger partial charge in [-0.15, -0.1) is 5.73 Å². The van der Waals surface area contributed by atoms with Crippen LogP contribution in [0, 0.1) is 13.8 Å². The van der Waals surface area contributed by atoms with Gasteiger partial charge < -0.3 is 0 Å². The molecule has 0 fully saturated rings. The molecule has 6 heteroatoms. The monoisotopic (exact) mass is 336 g/mol. The van der Waals surface area contributed by atoms with Gasteiger partial charge in [0.1, 0.15) is 17.7 Å². The van der Waals surface area contributed by atoms with E-state index in [4.69, 9.17) is 0 Å². The highest BCUT2D eigenvalue weighted by Gasteiger charge is 2.26. The van der Waals surface area contributed by atoms with E-state index in [0.29, 0.717) is 24.2 Å². The minimum atomic E-state index is -0.0253. The van der Waals surface area contributed by atoms with Crippen LogP contribution in [-0.4, -0.2) is 23.9 Å². The molecule has 0 radical (unpaired) electrons. The van der Waals surface area contributed by atoms with Crippen LogP contribution in [0.3, 0.4) is 0 Å². The van der Waals surface area contributed by atoms with E-state index in [1.165, 1.54) is 0 Å². The van der Waals surface area contributed by atoms with Gasteiger partial charge in [-0.05, 0) is 58.5 Å². The van der Waals surface area contributed by atoms with Gasteiger partial charge in [-0.3, -0.25) is 14.2 Å². The summed E-state index contributed by atoms with van der Waals surface area (Å²) in [6.45, 7) is 12.1. The maximum Gasteiger partial charge on any atom is 0.258 e. The lowest BCUT2D eigenvalue weighted by molar-refractivity contribution is 0.480. The molecule has 6 nitrogen and oxygen atoms in total. The summed E-state index contributed by atoms with van der Waals surface area (Å²) in [7, 11) is 0. The van der Waals surface area contributed by atoms with Crippen molar-refractivity contribution in [1.82, 2.24) is 14.6 Å². The van der Waals surface area contributed by atoms with Crippen molar-refractivity contribution in [3.8, 4) is 0 Å². The maximum absolute atomic E-state index is 13.1. The van der Waals surface area contributed by atoms with E-state index in [1.807, 2.05) is 44.5 Å². The summed E-state index contributed by atoms with van der Waals surface area (Å²) in [6, 6.07) is 0. The number of hydrogen-bond acceptors (Lipinski definition) is 4. The van der Waals surface area contributed by atoms with E-state index < -0.39 is 0 Å². The number of aliphatic imine (C=N–C) groups is 1. The lowest BCUT2D eigenvalue weighted by atomic mass is 10.00. The Labute approximate surface area is 146 Å². The summed E-state index contributed by atoms with van der Waals surface area (Å²) in [5.74, 6) is 0. The lowest BCUT2D eigenvalue weighted by Gasteiger charge is -2.08. The zero-order chi connectivity index (χ0) is 18.1. The molecule has 0 aromatic carbocycles. The molecular formula is C19H22N5O+. The number of hydrazine groups is 1. The second-order valence-corrected chi connectivity index (χ2v) is 5.91. The molecule has 0 saturated carbocycles. The summed E-state index contributed by atoms with van der Waals surface area (Å²) in [5, 5.41) is 5.17. The first kappa shape index (κ1) is 16.9. The molecule has 128 valence electrons. The number of rotatable bonds is 4. The zero-order valence-corrected chi connectivity index (χ0v) is 15.1. The fraction of sp³-hybridized carbons (Fsp3) is 0.316. The molecule has 0 saturated heterocycles. The first-order chi connectivity index (χ1) is 12.1. The molecule has 1 N–H and O–H groups in total. The Balaban J connectivity index is 2.61. The number of hydrogen-bond donors (Lipinski definition) is 1. The van der Waals surface area contributed by atoms with Crippen molar-refractivity contribution in [1.29, 1.82) is 0 Å². The van der Waals surface area contributed by atoms with Crippen LogP contribution in [0.25, 0.3) is 5.52 Å². The Kier molecular flexibility index (Phi) is 4.38. The fourth-order valence-corrected chi connectivity index (χ4v) is 3.37. The Morgan fingerprint density at radius 1 is 1.48 bits per heavy atom. The molecule has 2 aromatic heterocycles. The van der Waals surface area contributed by atoms with Crippen LogP contribution in [-0.2, 0) is 6.42 Å². The smallest absolute Gasteiger partial charge is 0.258 e. The molecule has 0 atom stereocenters. The number of aromatic nitrogens is 1. The zero-order valence-electron chi connectivity index (χ0n) is 15.1. The second kappa shape index (κ2) is 6.49. The summed E-state index contributed by atoms with van der Waals surface area (Å²) >= 11 is 0. The SMILES string of the molecule is C=Nc1c(C)n2c(=O)c(C)c(CC=C=CC)c3c2c1=[N+](CC)NN=C3. The fourth-order valence-electron chi connectivity index (χ4n) is 3.37. The minimum Gasteiger partial charge on any atom is -0.274 e. The molecule has 3 rings (SSSR count). The molecule has 3 heterocycles. The van der Waals surface area contributed by atoms with Crippen molar-refractivity contribution >= 4 is 24.1 Å².